The molecule has 1 aromatic carbocycles. The summed E-state index contributed by atoms with van der Waals surface area (Å²) >= 11 is 12.0. The second-order valence-corrected chi connectivity index (χ2v) is 5.71. The van der Waals surface area contributed by atoms with Crippen molar-refractivity contribution in [3.63, 3.8) is 0 Å². The van der Waals surface area contributed by atoms with Crippen LogP contribution in [-0.4, -0.2) is 4.98 Å². The van der Waals surface area contributed by atoms with Crippen molar-refractivity contribution >= 4 is 23.2 Å². The Hall–Kier alpha value is -1.25. The van der Waals surface area contributed by atoms with Crippen LogP contribution in [0.3, 0.4) is 0 Å². The molecular formula is C16H17Cl2NO. The van der Waals surface area contributed by atoms with Gasteiger partial charge in [-0.3, -0.25) is 0 Å². The molecule has 0 saturated carbocycles. The number of rotatable bonds is 4. The molecule has 0 aliphatic rings. The Morgan fingerprint density at radius 2 is 2.00 bits per heavy atom. The molecular weight excluding hydrogens is 293 g/mol. The summed E-state index contributed by atoms with van der Waals surface area (Å²) in [6, 6.07) is 7.64. The van der Waals surface area contributed by atoms with Gasteiger partial charge >= 0.3 is 0 Å². The minimum atomic E-state index is 0.344. The minimum absolute atomic E-state index is 0.344. The molecule has 4 heteroatoms. The Labute approximate surface area is 129 Å². The molecule has 2 nitrogen and oxygen atoms in total. The summed E-state index contributed by atoms with van der Waals surface area (Å²) in [7, 11) is 0. The molecule has 0 radical (unpaired) electrons. The van der Waals surface area contributed by atoms with Crippen molar-refractivity contribution in [2.24, 2.45) is 0 Å². The summed E-state index contributed by atoms with van der Waals surface area (Å²) in [5.74, 6) is 2.13. The standard InChI is InChI=1S/C16H17Cl2NO/c1-10(2)13-7-15(11(3)6-14(13)18)20-16-5-4-12(8-17)9-19-16/h4-7,9-10H,8H2,1-3H3. The lowest BCUT2D eigenvalue weighted by Gasteiger charge is -2.14. The lowest BCUT2D eigenvalue weighted by molar-refractivity contribution is 0.458. The van der Waals surface area contributed by atoms with Crippen LogP contribution in [0.2, 0.25) is 5.02 Å². The second-order valence-electron chi connectivity index (χ2n) is 5.03. The van der Waals surface area contributed by atoms with Crippen molar-refractivity contribution in [2.45, 2.75) is 32.6 Å². The third kappa shape index (κ3) is 3.44. The summed E-state index contributed by atoms with van der Waals surface area (Å²) in [5, 5.41) is 0.773. The number of halogens is 2. The Kier molecular flexibility index (Phi) is 4.90. The summed E-state index contributed by atoms with van der Waals surface area (Å²) in [4.78, 5) is 4.24. The van der Waals surface area contributed by atoms with E-state index in [-0.39, 0.29) is 0 Å². The lowest BCUT2D eigenvalue weighted by atomic mass is 10.0. The fourth-order valence-electron chi connectivity index (χ4n) is 1.88. The molecule has 0 spiro atoms. The number of hydrogen-bond donors (Lipinski definition) is 0. The number of alkyl halides is 1. The Bertz CT molecular complexity index is 594. The van der Waals surface area contributed by atoms with Crippen LogP contribution in [-0.2, 0) is 5.88 Å². The maximum Gasteiger partial charge on any atom is 0.219 e. The molecule has 1 aromatic heterocycles. The van der Waals surface area contributed by atoms with Gasteiger partial charge in [0, 0.05) is 23.2 Å². The first-order chi connectivity index (χ1) is 9.51. The predicted octanol–water partition coefficient (Wildman–Crippen LogP) is 5.70. The molecule has 2 rings (SSSR count). The van der Waals surface area contributed by atoms with E-state index in [1.807, 2.05) is 31.2 Å². The minimum Gasteiger partial charge on any atom is -0.439 e. The van der Waals surface area contributed by atoms with Crippen LogP contribution in [0.5, 0.6) is 11.6 Å². The zero-order valence-corrected chi connectivity index (χ0v) is 13.3. The number of pyridine rings is 1. The van der Waals surface area contributed by atoms with Crippen molar-refractivity contribution in [3.05, 3.63) is 52.2 Å². The van der Waals surface area contributed by atoms with Crippen LogP contribution in [0, 0.1) is 6.92 Å². The Morgan fingerprint density at radius 1 is 1.25 bits per heavy atom. The highest BCUT2D eigenvalue weighted by Crippen LogP contribution is 2.33. The average molecular weight is 310 g/mol. The molecule has 0 aliphatic carbocycles. The number of benzene rings is 1. The third-order valence-corrected chi connectivity index (χ3v) is 3.72. The van der Waals surface area contributed by atoms with Gasteiger partial charge in [0.15, 0.2) is 0 Å². The van der Waals surface area contributed by atoms with Gasteiger partial charge in [0.2, 0.25) is 5.88 Å². The highest BCUT2D eigenvalue weighted by Gasteiger charge is 2.11. The van der Waals surface area contributed by atoms with Crippen LogP contribution >= 0.6 is 23.2 Å². The quantitative estimate of drug-likeness (QED) is 0.676. The molecule has 0 saturated heterocycles. The average Bonchev–Trinajstić information content (AvgIpc) is 2.42. The zero-order valence-electron chi connectivity index (χ0n) is 11.8. The third-order valence-electron chi connectivity index (χ3n) is 3.08. The maximum atomic E-state index is 6.25. The monoisotopic (exact) mass is 309 g/mol. The smallest absolute Gasteiger partial charge is 0.219 e. The van der Waals surface area contributed by atoms with E-state index in [1.165, 1.54) is 0 Å². The Morgan fingerprint density at radius 3 is 2.55 bits per heavy atom. The maximum absolute atomic E-state index is 6.25. The van der Waals surface area contributed by atoms with Gasteiger partial charge in [-0.25, -0.2) is 4.98 Å². The highest BCUT2D eigenvalue weighted by molar-refractivity contribution is 6.31. The van der Waals surface area contributed by atoms with Crippen LogP contribution in [0.4, 0.5) is 0 Å². The van der Waals surface area contributed by atoms with Crippen molar-refractivity contribution in [3.8, 4) is 11.6 Å². The van der Waals surface area contributed by atoms with Crippen LogP contribution in [0.25, 0.3) is 0 Å². The normalized spacial score (nSPS) is 10.9. The Balaban J connectivity index is 2.30. The number of aryl methyl sites for hydroxylation is 1. The number of hydrogen-bond acceptors (Lipinski definition) is 2. The molecule has 2 aromatic rings. The topological polar surface area (TPSA) is 22.1 Å². The molecule has 0 aliphatic heterocycles. The molecule has 0 fully saturated rings. The van der Waals surface area contributed by atoms with E-state index in [9.17, 15) is 0 Å². The summed E-state index contributed by atoms with van der Waals surface area (Å²) < 4.78 is 5.84. The van der Waals surface area contributed by atoms with E-state index < -0.39 is 0 Å². The summed E-state index contributed by atoms with van der Waals surface area (Å²) in [6.07, 6.45) is 1.72. The predicted molar refractivity (Wildman–Crippen MR) is 84.1 cm³/mol. The number of nitrogens with zero attached hydrogens (tertiary/aromatic N) is 1. The van der Waals surface area contributed by atoms with Gasteiger partial charge in [0.05, 0.1) is 0 Å². The van der Waals surface area contributed by atoms with E-state index in [0.717, 1.165) is 27.5 Å². The van der Waals surface area contributed by atoms with Crippen molar-refractivity contribution < 1.29 is 4.74 Å². The van der Waals surface area contributed by atoms with E-state index in [4.69, 9.17) is 27.9 Å². The second kappa shape index (κ2) is 6.47. The van der Waals surface area contributed by atoms with Crippen molar-refractivity contribution in [1.82, 2.24) is 4.98 Å². The fraction of sp³-hybridized carbons (Fsp3) is 0.312. The number of ether oxygens (including phenoxy) is 1. The fourth-order valence-corrected chi connectivity index (χ4v) is 2.48. The van der Waals surface area contributed by atoms with Crippen LogP contribution < -0.4 is 4.74 Å². The highest BCUT2D eigenvalue weighted by atomic mass is 35.5. The van der Waals surface area contributed by atoms with Gasteiger partial charge in [0.1, 0.15) is 5.75 Å². The molecule has 1 heterocycles. The van der Waals surface area contributed by atoms with Crippen LogP contribution in [0.15, 0.2) is 30.5 Å². The zero-order chi connectivity index (χ0) is 14.7. The molecule has 0 atom stereocenters. The van der Waals surface area contributed by atoms with Crippen molar-refractivity contribution in [1.29, 1.82) is 0 Å². The van der Waals surface area contributed by atoms with Gasteiger partial charge in [-0.05, 0) is 41.7 Å². The first kappa shape index (κ1) is 15.1. The van der Waals surface area contributed by atoms with Gasteiger partial charge in [-0.1, -0.05) is 31.5 Å². The summed E-state index contributed by atoms with van der Waals surface area (Å²) in [6.45, 7) is 6.18. The lowest BCUT2D eigenvalue weighted by Crippen LogP contribution is -1.95. The SMILES string of the molecule is Cc1cc(Cl)c(C(C)C)cc1Oc1ccc(CCl)cn1. The van der Waals surface area contributed by atoms with E-state index in [0.29, 0.717) is 17.7 Å². The van der Waals surface area contributed by atoms with Crippen LogP contribution in [0.1, 0.15) is 36.5 Å². The van der Waals surface area contributed by atoms with Gasteiger partial charge in [-0.2, -0.15) is 0 Å². The first-order valence-electron chi connectivity index (χ1n) is 6.50. The van der Waals surface area contributed by atoms with Gasteiger partial charge < -0.3 is 4.74 Å². The molecule has 0 unspecified atom stereocenters. The summed E-state index contributed by atoms with van der Waals surface area (Å²) in [5.41, 5.74) is 3.03. The largest absolute Gasteiger partial charge is 0.439 e. The molecule has 20 heavy (non-hydrogen) atoms. The van der Waals surface area contributed by atoms with Gasteiger partial charge in [0.25, 0.3) is 0 Å². The van der Waals surface area contributed by atoms with E-state index in [2.05, 4.69) is 18.8 Å². The molecule has 0 bridgehead atoms. The van der Waals surface area contributed by atoms with Crippen molar-refractivity contribution in [2.75, 3.05) is 0 Å². The van der Waals surface area contributed by atoms with Gasteiger partial charge in [-0.15, -0.1) is 11.6 Å². The van der Waals surface area contributed by atoms with E-state index in [1.54, 1.807) is 6.20 Å². The first-order valence-corrected chi connectivity index (χ1v) is 7.41. The van der Waals surface area contributed by atoms with E-state index >= 15 is 0 Å². The molecule has 0 amide bonds. The molecule has 0 N–H and O–H groups in total. The number of aromatic nitrogens is 1. The molecule has 106 valence electrons.